The summed E-state index contributed by atoms with van der Waals surface area (Å²) in [4.78, 5) is 25.4. The van der Waals surface area contributed by atoms with Gasteiger partial charge in [0.25, 0.3) is 11.5 Å². The zero-order chi connectivity index (χ0) is 19.2. The molecule has 2 fully saturated rings. The van der Waals surface area contributed by atoms with Crippen LogP contribution in [-0.2, 0) is 27.8 Å². The number of sulfonamides is 1. The van der Waals surface area contributed by atoms with Crippen LogP contribution in [0.25, 0.3) is 0 Å². The maximum absolute atomic E-state index is 14.2. The maximum Gasteiger partial charge on any atom is 0.328 e. The van der Waals surface area contributed by atoms with E-state index in [0.29, 0.717) is 6.54 Å². The molecule has 1 unspecified atom stereocenters. The van der Waals surface area contributed by atoms with Crippen LogP contribution >= 0.6 is 0 Å². The molecule has 3 rings (SSSR count). The lowest BCUT2D eigenvalue weighted by Crippen LogP contribution is -2.35. The van der Waals surface area contributed by atoms with E-state index in [9.17, 15) is 26.8 Å². The van der Waals surface area contributed by atoms with Crippen molar-refractivity contribution in [2.75, 3.05) is 19.0 Å². The van der Waals surface area contributed by atoms with E-state index in [2.05, 4.69) is 9.71 Å². The van der Waals surface area contributed by atoms with Crippen molar-refractivity contribution in [1.29, 1.82) is 0 Å². The third-order valence-electron chi connectivity index (χ3n) is 5.36. The van der Waals surface area contributed by atoms with Gasteiger partial charge in [0.2, 0.25) is 10.0 Å². The minimum Gasteiger partial charge on any atom is -0.381 e. The fourth-order valence-electron chi connectivity index (χ4n) is 3.65. The Kier molecular flexibility index (Phi) is 4.82. The molecule has 1 aromatic heterocycles. The molecular weight excluding hydrogens is 372 g/mol. The molecule has 1 aliphatic heterocycles. The lowest BCUT2D eigenvalue weighted by Gasteiger charge is -2.22. The smallest absolute Gasteiger partial charge is 0.328 e. The van der Waals surface area contributed by atoms with Crippen molar-refractivity contribution in [2.45, 2.75) is 38.8 Å². The van der Waals surface area contributed by atoms with Gasteiger partial charge in [-0.2, -0.15) is 0 Å². The first-order chi connectivity index (χ1) is 12.1. The molecule has 0 radical (unpaired) electrons. The molecule has 1 aliphatic carbocycles. The van der Waals surface area contributed by atoms with Crippen LogP contribution in [0.1, 0.15) is 25.3 Å². The van der Waals surface area contributed by atoms with E-state index in [-0.39, 0.29) is 38.2 Å². The van der Waals surface area contributed by atoms with E-state index in [4.69, 9.17) is 4.74 Å². The van der Waals surface area contributed by atoms with Gasteiger partial charge in [-0.1, -0.05) is 0 Å². The molecule has 146 valence electrons. The Balaban J connectivity index is 1.69. The van der Waals surface area contributed by atoms with Crippen LogP contribution in [0.3, 0.4) is 0 Å². The molecule has 2 heterocycles. The van der Waals surface area contributed by atoms with E-state index < -0.39 is 44.3 Å². The van der Waals surface area contributed by atoms with Crippen LogP contribution < -0.4 is 16.0 Å². The van der Waals surface area contributed by atoms with Crippen LogP contribution in [0.2, 0.25) is 0 Å². The fourth-order valence-corrected chi connectivity index (χ4v) is 5.11. The summed E-state index contributed by atoms with van der Waals surface area (Å²) in [6.07, 6.45) is 1.54. The van der Waals surface area contributed by atoms with Gasteiger partial charge in [-0.05, 0) is 19.8 Å². The van der Waals surface area contributed by atoms with E-state index in [1.165, 1.54) is 10.8 Å². The molecule has 1 saturated heterocycles. The molecule has 0 bridgehead atoms. The van der Waals surface area contributed by atoms with Crippen molar-refractivity contribution in [3.05, 3.63) is 32.6 Å². The number of ether oxygens (including phenoxy) is 1. The SMILES string of the molecule is CCn1cc(CNS(=O)(=O)CC2C(F)(F)C23CCOCC3)c(=O)[nH]c1=O. The van der Waals surface area contributed by atoms with Crippen molar-refractivity contribution < 1.29 is 21.9 Å². The number of aromatic nitrogens is 2. The van der Waals surface area contributed by atoms with E-state index in [1.807, 2.05) is 0 Å². The predicted molar refractivity (Wildman–Crippen MR) is 88.5 cm³/mol. The van der Waals surface area contributed by atoms with Gasteiger partial charge in [-0.3, -0.25) is 9.78 Å². The second kappa shape index (κ2) is 6.54. The minimum absolute atomic E-state index is 0.0401. The number of hydrogen-bond acceptors (Lipinski definition) is 5. The molecule has 26 heavy (non-hydrogen) atoms. The Bertz CT molecular complexity index is 903. The highest BCUT2D eigenvalue weighted by Gasteiger charge is 2.80. The fraction of sp³-hybridized carbons (Fsp3) is 0.733. The van der Waals surface area contributed by atoms with Gasteiger partial charge in [0.05, 0.1) is 11.7 Å². The topological polar surface area (TPSA) is 110 Å². The third-order valence-corrected chi connectivity index (χ3v) is 6.72. The van der Waals surface area contributed by atoms with Crippen LogP contribution in [-0.4, -0.2) is 42.9 Å². The highest BCUT2D eigenvalue weighted by atomic mass is 32.2. The van der Waals surface area contributed by atoms with Crippen molar-refractivity contribution in [1.82, 2.24) is 14.3 Å². The van der Waals surface area contributed by atoms with Crippen LogP contribution in [0.5, 0.6) is 0 Å². The number of hydrogen-bond donors (Lipinski definition) is 2. The number of nitrogens with zero attached hydrogens (tertiary/aromatic N) is 1. The first-order valence-corrected chi connectivity index (χ1v) is 10.0. The van der Waals surface area contributed by atoms with Crippen LogP contribution in [0, 0.1) is 11.3 Å². The zero-order valence-corrected chi connectivity index (χ0v) is 15.1. The Morgan fingerprint density at radius 2 is 2.00 bits per heavy atom. The van der Waals surface area contributed by atoms with Crippen molar-refractivity contribution in [2.24, 2.45) is 11.3 Å². The van der Waals surface area contributed by atoms with Gasteiger partial charge in [-0.25, -0.2) is 26.7 Å². The zero-order valence-electron chi connectivity index (χ0n) is 14.3. The molecule has 8 nitrogen and oxygen atoms in total. The van der Waals surface area contributed by atoms with E-state index >= 15 is 0 Å². The van der Waals surface area contributed by atoms with Gasteiger partial charge >= 0.3 is 5.69 Å². The Morgan fingerprint density at radius 3 is 2.62 bits per heavy atom. The second-order valence-electron chi connectivity index (χ2n) is 6.75. The van der Waals surface area contributed by atoms with Crippen molar-refractivity contribution in [3.8, 4) is 0 Å². The lowest BCUT2D eigenvalue weighted by atomic mass is 9.94. The lowest BCUT2D eigenvalue weighted by molar-refractivity contribution is -0.00826. The Labute approximate surface area is 148 Å². The maximum atomic E-state index is 14.2. The first kappa shape index (κ1) is 19.2. The van der Waals surface area contributed by atoms with Crippen molar-refractivity contribution in [3.63, 3.8) is 0 Å². The van der Waals surface area contributed by atoms with Gasteiger partial charge < -0.3 is 9.30 Å². The minimum atomic E-state index is -4.02. The first-order valence-electron chi connectivity index (χ1n) is 8.38. The highest BCUT2D eigenvalue weighted by molar-refractivity contribution is 7.89. The predicted octanol–water partition coefficient (Wildman–Crippen LogP) is 0.0378. The molecule has 1 atom stereocenters. The Hall–Kier alpha value is -1.59. The number of rotatable bonds is 6. The number of alkyl halides is 2. The summed E-state index contributed by atoms with van der Waals surface area (Å²) in [6.45, 7) is 2.03. The summed E-state index contributed by atoms with van der Waals surface area (Å²) in [5.41, 5.74) is -2.56. The number of nitrogens with one attached hydrogen (secondary N) is 2. The molecule has 0 aromatic carbocycles. The molecule has 1 saturated carbocycles. The average molecular weight is 393 g/mol. The van der Waals surface area contributed by atoms with Crippen molar-refractivity contribution >= 4 is 10.0 Å². The average Bonchev–Trinajstić information content (AvgIpc) is 3.00. The highest BCUT2D eigenvalue weighted by Crippen LogP contribution is 2.70. The summed E-state index contributed by atoms with van der Waals surface area (Å²) >= 11 is 0. The Morgan fingerprint density at radius 1 is 1.35 bits per heavy atom. The number of aryl methyl sites for hydroxylation is 1. The summed E-state index contributed by atoms with van der Waals surface area (Å²) in [5, 5.41) is 0. The normalized spacial score (nSPS) is 23.9. The largest absolute Gasteiger partial charge is 0.381 e. The number of aromatic amines is 1. The molecule has 2 aliphatic rings. The van der Waals surface area contributed by atoms with Gasteiger partial charge in [0, 0.05) is 43.5 Å². The summed E-state index contributed by atoms with van der Waals surface area (Å²) < 4.78 is 61.4. The number of H-pyrrole nitrogens is 1. The molecule has 1 aromatic rings. The van der Waals surface area contributed by atoms with Crippen LogP contribution in [0.4, 0.5) is 8.78 Å². The van der Waals surface area contributed by atoms with E-state index in [1.54, 1.807) is 6.92 Å². The standard InChI is InChI=1S/C15H21F2N3O5S/c1-2-20-8-10(12(21)19-13(20)22)7-18-26(23,24)9-11-14(15(11,16)17)3-5-25-6-4-14/h8,11,18H,2-7,9H2,1H3,(H,19,21,22). The molecule has 1 spiro atoms. The molecule has 2 N–H and O–H groups in total. The molecule has 11 heteroatoms. The monoisotopic (exact) mass is 393 g/mol. The quantitative estimate of drug-likeness (QED) is 0.709. The summed E-state index contributed by atoms with van der Waals surface area (Å²) in [6, 6.07) is 0. The summed E-state index contributed by atoms with van der Waals surface area (Å²) in [5.74, 6) is -4.98. The summed E-state index contributed by atoms with van der Waals surface area (Å²) in [7, 11) is -4.02. The van der Waals surface area contributed by atoms with Gasteiger partial charge in [-0.15, -0.1) is 0 Å². The second-order valence-corrected chi connectivity index (χ2v) is 8.60. The van der Waals surface area contributed by atoms with E-state index in [0.717, 1.165) is 0 Å². The molecular formula is C15H21F2N3O5S. The molecule has 0 amide bonds. The van der Waals surface area contributed by atoms with Gasteiger partial charge in [0.1, 0.15) is 0 Å². The van der Waals surface area contributed by atoms with Crippen LogP contribution in [0.15, 0.2) is 15.8 Å². The third kappa shape index (κ3) is 3.23. The number of halogens is 2. The van der Waals surface area contributed by atoms with Gasteiger partial charge in [0.15, 0.2) is 0 Å².